The van der Waals surface area contributed by atoms with Crippen LogP contribution in [-0.4, -0.2) is 26.6 Å². The van der Waals surface area contributed by atoms with Crippen LogP contribution in [0.2, 0.25) is 0 Å². The quantitative estimate of drug-likeness (QED) is 0.559. The van der Waals surface area contributed by atoms with Crippen LogP contribution in [0.3, 0.4) is 0 Å². The standard InChI is InChI=1S/C21H22N4O3/c1-3-19-23-25(21(27)17-13-18-16(24(17)19)10-12-28-18)14(2)20(26)22-11-9-15-7-5-4-6-8-15/h4-8,10,12-14H,3,9,11H2,1-2H3,(H,22,26)/t14-/m0/s1. The van der Waals surface area contributed by atoms with Crippen LogP contribution in [0.5, 0.6) is 0 Å². The number of amides is 1. The van der Waals surface area contributed by atoms with Crippen LogP contribution in [0, 0.1) is 0 Å². The van der Waals surface area contributed by atoms with Gasteiger partial charge in [0.2, 0.25) is 5.91 Å². The van der Waals surface area contributed by atoms with E-state index in [1.165, 1.54) is 4.68 Å². The molecule has 1 N–H and O–H groups in total. The summed E-state index contributed by atoms with van der Waals surface area (Å²) in [5.41, 5.74) is 2.74. The first-order chi connectivity index (χ1) is 13.6. The van der Waals surface area contributed by atoms with Crippen molar-refractivity contribution in [3.63, 3.8) is 0 Å². The number of nitrogens with one attached hydrogen (secondary N) is 1. The summed E-state index contributed by atoms with van der Waals surface area (Å²) in [7, 11) is 0. The average Bonchev–Trinajstić information content (AvgIpc) is 3.31. The molecule has 7 heteroatoms. The molecule has 7 nitrogen and oxygen atoms in total. The Kier molecular flexibility index (Phi) is 4.73. The second-order valence-electron chi connectivity index (χ2n) is 6.76. The number of carbonyl (C=O) groups excluding carboxylic acids is 1. The molecule has 0 fully saturated rings. The zero-order chi connectivity index (χ0) is 19.7. The molecule has 3 aromatic heterocycles. The maximum Gasteiger partial charge on any atom is 0.291 e. The minimum absolute atomic E-state index is 0.229. The van der Waals surface area contributed by atoms with Gasteiger partial charge in [0.05, 0.1) is 11.8 Å². The highest BCUT2D eigenvalue weighted by atomic mass is 16.3. The van der Waals surface area contributed by atoms with Gasteiger partial charge in [-0.2, -0.15) is 5.10 Å². The van der Waals surface area contributed by atoms with E-state index in [0.717, 1.165) is 17.5 Å². The molecule has 4 aromatic rings. The SMILES string of the molecule is CCc1nn([C@@H](C)C(=O)NCCc2ccccc2)c(=O)c2cc3occc3n12. The van der Waals surface area contributed by atoms with Crippen molar-refractivity contribution in [3.8, 4) is 0 Å². The molecule has 1 atom stereocenters. The third kappa shape index (κ3) is 3.09. The lowest BCUT2D eigenvalue weighted by atomic mass is 10.1. The second-order valence-corrected chi connectivity index (χ2v) is 6.76. The topological polar surface area (TPSA) is 81.5 Å². The Bertz CT molecular complexity index is 1190. The number of aromatic nitrogens is 3. The Hall–Kier alpha value is -3.35. The Morgan fingerprint density at radius 2 is 2.00 bits per heavy atom. The summed E-state index contributed by atoms with van der Waals surface area (Å²) in [6.07, 6.45) is 2.94. The fourth-order valence-corrected chi connectivity index (χ4v) is 3.42. The molecule has 144 valence electrons. The number of hydrogen-bond donors (Lipinski definition) is 1. The van der Waals surface area contributed by atoms with Gasteiger partial charge in [0.1, 0.15) is 17.4 Å². The number of furan rings is 1. The predicted molar refractivity (Wildman–Crippen MR) is 106 cm³/mol. The van der Waals surface area contributed by atoms with Gasteiger partial charge < -0.3 is 9.73 Å². The van der Waals surface area contributed by atoms with Crippen LogP contribution in [0.15, 0.2) is 57.9 Å². The first-order valence-electron chi connectivity index (χ1n) is 9.42. The van der Waals surface area contributed by atoms with E-state index >= 15 is 0 Å². The zero-order valence-electron chi connectivity index (χ0n) is 15.9. The Morgan fingerprint density at radius 3 is 2.75 bits per heavy atom. The van der Waals surface area contributed by atoms with E-state index in [4.69, 9.17) is 4.42 Å². The van der Waals surface area contributed by atoms with E-state index < -0.39 is 6.04 Å². The molecule has 28 heavy (non-hydrogen) atoms. The molecule has 0 aliphatic rings. The van der Waals surface area contributed by atoms with Gasteiger partial charge in [-0.1, -0.05) is 37.3 Å². The van der Waals surface area contributed by atoms with E-state index in [9.17, 15) is 9.59 Å². The van der Waals surface area contributed by atoms with Crippen molar-refractivity contribution in [1.82, 2.24) is 19.5 Å². The molecule has 0 saturated heterocycles. The summed E-state index contributed by atoms with van der Waals surface area (Å²) in [6.45, 7) is 4.16. The monoisotopic (exact) mass is 378 g/mol. The molecule has 0 radical (unpaired) electrons. The summed E-state index contributed by atoms with van der Waals surface area (Å²) < 4.78 is 8.50. The molecule has 0 aliphatic carbocycles. The molecule has 1 aromatic carbocycles. The highest BCUT2D eigenvalue weighted by molar-refractivity contribution is 5.83. The Balaban J connectivity index is 1.59. The van der Waals surface area contributed by atoms with Crippen molar-refractivity contribution in [1.29, 1.82) is 0 Å². The molecule has 0 spiro atoms. The lowest BCUT2D eigenvalue weighted by Crippen LogP contribution is -2.39. The summed E-state index contributed by atoms with van der Waals surface area (Å²) in [4.78, 5) is 25.6. The number of carbonyl (C=O) groups is 1. The van der Waals surface area contributed by atoms with Crippen molar-refractivity contribution in [3.05, 3.63) is 70.5 Å². The molecule has 0 unspecified atom stereocenters. The van der Waals surface area contributed by atoms with Crippen molar-refractivity contribution in [2.45, 2.75) is 32.7 Å². The van der Waals surface area contributed by atoms with Gasteiger partial charge in [-0.15, -0.1) is 0 Å². The van der Waals surface area contributed by atoms with E-state index in [-0.39, 0.29) is 11.5 Å². The summed E-state index contributed by atoms with van der Waals surface area (Å²) in [6, 6.07) is 12.7. The molecule has 1 amide bonds. The minimum atomic E-state index is -0.709. The molecule has 3 heterocycles. The van der Waals surface area contributed by atoms with Crippen LogP contribution in [0.4, 0.5) is 0 Å². The van der Waals surface area contributed by atoms with Gasteiger partial charge in [0.15, 0.2) is 5.58 Å². The van der Waals surface area contributed by atoms with Gasteiger partial charge in [0, 0.05) is 25.1 Å². The van der Waals surface area contributed by atoms with Gasteiger partial charge in [0.25, 0.3) is 5.56 Å². The molecule has 0 saturated carbocycles. The molecular weight excluding hydrogens is 356 g/mol. The molecule has 0 bridgehead atoms. The number of aryl methyl sites for hydroxylation is 1. The predicted octanol–water partition coefficient (Wildman–Crippen LogP) is 2.72. The summed E-state index contributed by atoms with van der Waals surface area (Å²) >= 11 is 0. The van der Waals surface area contributed by atoms with E-state index in [1.807, 2.05) is 43.3 Å². The molecule has 4 rings (SSSR count). The number of fused-ring (bicyclic) bond motifs is 3. The number of hydrogen-bond acceptors (Lipinski definition) is 4. The highest BCUT2D eigenvalue weighted by Gasteiger charge is 2.21. The van der Waals surface area contributed by atoms with Crippen LogP contribution in [0.25, 0.3) is 16.6 Å². The number of rotatable bonds is 6. The highest BCUT2D eigenvalue weighted by Crippen LogP contribution is 2.21. The van der Waals surface area contributed by atoms with Crippen molar-refractivity contribution in [2.24, 2.45) is 0 Å². The molecule has 0 aliphatic heterocycles. The van der Waals surface area contributed by atoms with Crippen LogP contribution in [0.1, 0.15) is 31.3 Å². The minimum Gasteiger partial charge on any atom is -0.463 e. The fraction of sp³-hybridized carbons (Fsp3) is 0.286. The largest absolute Gasteiger partial charge is 0.463 e. The van der Waals surface area contributed by atoms with E-state index in [0.29, 0.717) is 29.9 Å². The van der Waals surface area contributed by atoms with Crippen molar-refractivity contribution in [2.75, 3.05) is 6.54 Å². The number of benzene rings is 1. The van der Waals surface area contributed by atoms with E-state index in [2.05, 4.69) is 10.4 Å². The van der Waals surface area contributed by atoms with Crippen molar-refractivity contribution >= 4 is 22.5 Å². The smallest absolute Gasteiger partial charge is 0.291 e. The Morgan fingerprint density at radius 1 is 1.21 bits per heavy atom. The first kappa shape index (κ1) is 18.0. The lowest BCUT2D eigenvalue weighted by Gasteiger charge is -2.16. The summed E-state index contributed by atoms with van der Waals surface area (Å²) in [5.74, 6) is 0.474. The van der Waals surface area contributed by atoms with Crippen molar-refractivity contribution < 1.29 is 9.21 Å². The maximum absolute atomic E-state index is 13.0. The average molecular weight is 378 g/mol. The normalized spacial score (nSPS) is 12.5. The van der Waals surface area contributed by atoms with Crippen LogP contribution >= 0.6 is 0 Å². The molecular formula is C21H22N4O3. The fourth-order valence-electron chi connectivity index (χ4n) is 3.42. The summed E-state index contributed by atoms with van der Waals surface area (Å²) in [5, 5.41) is 7.37. The second kappa shape index (κ2) is 7.34. The third-order valence-electron chi connectivity index (χ3n) is 4.95. The van der Waals surface area contributed by atoms with Gasteiger partial charge in [-0.25, -0.2) is 4.68 Å². The van der Waals surface area contributed by atoms with Gasteiger partial charge >= 0.3 is 0 Å². The van der Waals surface area contributed by atoms with Crippen LogP contribution in [-0.2, 0) is 17.6 Å². The number of nitrogens with zero attached hydrogens (tertiary/aromatic N) is 3. The Labute approximate surface area is 161 Å². The zero-order valence-corrected chi connectivity index (χ0v) is 15.9. The van der Waals surface area contributed by atoms with E-state index in [1.54, 1.807) is 23.7 Å². The lowest BCUT2D eigenvalue weighted by molar-refractivity contribution is -0.124. The maximum atomic E-state index is 13.0. The van der Waals surface area contributed by atoms with Gasteiger partial charge in [-0.05, 0) is 18.9 Å². The third-order valence-corrected chi connectivity index (χ3v) is 4.95. The van der Waals surface area contributed by atoms with Crippen LogP contribution < -0.4 is 10.9 Å². The van der Waals surface area contributed by atoms with Gasteiger partial charge in [-0.3, -0.25) is 14.0 Å². The first-order valence-corrected chi connectivity index (χ1v) is 9.42.